The van der Waals surface area contributed by atoms with Gasteiger partial charge in [0.05, 0.1) is 6.10 Å². The predicted octanol–water partition coefficient (Wildman–Crippen LogP) is 3.37. The summed E-state index contributed by atoms with van der Waals surface area (Å²) in [6.07, 6.45) is 10.2. The smallest absolute Gasteiger partial charge is 0.122 e. The first-order chi connectivity index (χ1) is 12.0. The molecule has 2 heterocycles. The van der Waals surface area contributed by atoms with Crippen LogP contribution in [0.25, 0.3) is 16.6 Å². The first kappa shape index (κ1) is 17.0. The second-order valence-corrected chi connectivity index (χ2v) is 6.12. The molecule has 1 atom stereocenters. The third-order valence-electron chi connectivity index (χ3n) is 3.93. The molecule has 1 aliphatic heterocycles. The number of hydrogen-bond donors (Lipinski definition) is 2. The first-order valence-corrected chi connectivity index (χ1v) is 8.30. The highest BCUT2D eigenvalue weighted by molar-refractivity contribution is 5.94. The van der Waals surface area contributed by atoms with Crippen molar-refractivity contribution >= 4 is 22.8 Å². The van der Waals surface area contributed by atoms with Gasteiger partial charge in [-0.05, 0) is 37.6 Å². The van der Waals surface area contributed by atoms with Gasteiger partial charge in [-0.2, -0.15) is 0 Å². The van der Waals surface area contributed by atoms with Gasteiger partial charge >= 0.3 is 0 Å². The molecule has 0 unspecified atom stereocenters. The monoisotopic (exact) mass is 337 g/mol. The van der Waals surface area contributed by atoms with Crippen molar-refractivity contribution in [2.75, 3.05) is 6.61 Å². The fourth-order valence-electron chi connectivity index (χ4n) is 2.77. The second-order valence-electron chi connectivity index (χ2n) is 6.12. The molecule has 0 aliphatic carbocycles. The fourth-order valence-corrected chi connectivity index (χ4v) is 2.77. The van der Waals surface area contributed by atoms with Crippen LogP contribution in [0.3, 0.4) is 0 Å². The highest BCUT2D eigenvalue weighted by Gasteiger charge is 2.13. The number of aliphatic hydroxyl groups is 1. The number of aliphatic hydroxyl groups excluding tert-OH is 1. The van der Waals surface area contributed by atoms with E-state index in [-0.39, 0.29) is 6.61 Å². The number of hydrogen-bond acceptors (Lipinski definition) is 4. The van der Waals surface area contributed by atoms with Gasteiger partial charge in [0.15, 0.2) is 0 Å². The highest BCUT2D eigenvalue weighted by Crippen LogP contribution is 2.30. The van der Waals surface area contributed by atoms with Gasteiger partial charge < -0.3 is 19.7 Å². The molecule has 2 N–H and O–H groups in total. The predicted molar refractivity (Wildman–Crippen MR) is 103 cm³/mol. The minimum atomic E-state index is -0.502. The Morgan fingerprint density at radius 2 is 2.28 bits per heavy atom. The van der Waals surface area contributed by atoms with Crippen molar-refractivity contribution in [3.05, 3.63) is 60.6 Å². The summed E-state index contributed by atoms with van der Waals surface area (Å²) in [5.41, 5.74) is 3.13. The van der Waals surface area contributed by atoms with Crippen LogP contribution in [0, 0.1) is 0 Å². The number of rotatable bonds is 4. The highest BCUT2D eigenvalue weighted by atomic mass is 16.5. The standard InChI is InChI=1S/C20H23N3O2/c1-14(24)13-25-16-8-9-20-17(11-16)18(12-23(20)3)19-7-5-4-6-10-21-15(2)22-19/h4,6-12,14,22,24H,2,5,13H2,1,3H3/b6-4-,19-7-,21-10?/t14-/m0/s1. The number of nitrogens with one attached hydrogen (secondary N) is 1. The molecule has 0 bridgehead atoms. The van der Waals surface area contributed by atoms with Crippen LogP contribution in [0.5, 0.6) is 5.75 Å². The molecule has 0 radical (unpaired) electrons. The lowest BCUT2D eigenvalue weighted by atomic mass is 10.1. The van der Waals surface area contributed by atoms with E-state index in [1.165, 1.54) is 0 Å². The summed E-state index contributed by atoms with van der Waals surface area (Å²) in [5.74, 6) is 1.33. The summed E-state index contributed by atoms with van der Waals surface area (Å²) in [6.45, 7) is 5.92. The van der Waals surface area contributed by atoms with E-state index < -0.39 is 6.10 Å². The third kappa shape index (κ3) is 4.00. The molecule has 0 saturated heterocycles. The fraction of sp³-hybridized carbons (Fsp3) is 0.250. The molecule has 1 aliphatic rings. The third-order valence-corrected chi connectivity index (χ3v) is 3.93. The van der Waals surface area contributed by atoms with Crippen molar-refractivity contribution in [2.45, 2.75) is 19.4 Å². The summed E-state index contributed by atoms with van der Waals surface area (Å²) in [6, 6.07) is 5.95. The average molecular weight is 337 g/mol. The van der Waals surface area contributed by atoms with Gasteiger partial charge in [0, 0.05) is 41.6 Å². The van der Waals surface area contributed by atoms with Gasteiger partial charge in [-0.3, -0.25) is 0 Å². The quantitative estimate of drug-likeness (QED) is 0.899. The summed E-state index contributed by atoms with van der Waals surface area (Å²) in [7, 11) is 2.02. The summed E-state index contributed by atoms with van der Waals surface area (Å²) < 4.78 is 7.75. The Balaban J connectivity index is 2.02. The first-order valence-electron chi connectivity index (χ1n) is 8.30. The molecule has 0 saturated carbocycles. The Kier molecular flexibility index (Phi) is 5.05. The number of ether oxygens (including phenoxy) is 1. The Morgan fingerprint density at radius 1 is 1.44 bits per heavy atom. The van der Waals surface area contributed by atoms with Crippen LogP contribution in [0.1, 0.15) is 18.9 Å². The molecule has 0 fully saturated rings. The van der Waals surface area contributed by atoms with Crippen LogP contribution >= 0.6 is 0 Å². The van der Waals surface area contributed by atoms with E-state index in [1.807, 2.05) is 37.4 Å². The second kappa shape index (κ2) is 7.40. The Bertz CT molecular complexity index is 872. The van der Waals surface area contributed by atoms with Crippen LogP contribution < -0.4 is 10.1 Å². The zero-order valence-electron chi connectivity index (χ0n) is 14.6. The molecular weight excluding hydrogens is 314 g/mol. The van der Waals surface area contributed by atoms with Crippen LogP contribution in [0.2, 0.25) is 0 Å². The van der Waals surface area contributed by atoms with Gasteiger partial charge in [-0.1, -0.05) is 18.7 Å². The van der Waals surface area contributed by atoms with Crippen molar-refractivity contribution in [1.82, 2.24) is 9.88 Å². The lowest BCUT2D eigenvalue weighted by Gasteiger charge is -2.11. The van der Waals surface area contributed by atoms with Crippen LogP contribution in [-0.2, 0) is 7.05 Å². The van der Waals surface area contributed by atoms with Crippen LogP contribution in [0.4, 0.5) is 0 Å². The van der Waals surface area contributed by atoms with E-state index >= 15 is 0 Å². The molecule has 3 rings (SSSR count). The molecule has 1 aromatic heterocycles. The molecule has 2 aromatic rings. The van der Waals surface area contributed by atoms with E-state index in [0.717, 1.165) is 34.3 Å². The number of fused-ring (bicyclic) bond motifs is 1. The zero-order chi connectivity index (χ0) is 17.8. The maximum absolute atomic E-state index is 9.43. The molecule has 25 heavy (non-hydrogen) atoms. The van der Waals surface area contributed by atoms with Crippen LogP contribution in [0.15, 0.2) is 60.0 Å². The molecule has 1 aromatic carbocycles. The molecule has 0 amide bonds. The maximum atomic E-state index is 9.43. The van der Waals surface area contributed by atoms with Gasteiger partial charge in [0.2, 0.25) is 0 Å². The molecule has 0 spiro atoms. The largest absolute Gasteiger partial charge is 0.491 e. The molecular formula is C20H23N3O2. The minimum Gasteiger partial charge on any atom is -0.491 e. The average Bonchev–Trinajstić information content (AvgIpc) is 2.95. The number of aryl methyl sites for hydroxylation is 1. The number of nitrogens with zero attached hydrogens (tertiary/aromatic N) is 2. The lowest BCUT2D eigenvalue weighted by molar-refractivity contribution is 0.123. The number of allylic oxidation sites excluding steroid dienone is 3. The van der Waals surface area contributed by atoms with E-state index in [0.29, 0.717) is 5.82 Å². The molecule has 5 heteroatoms. The maximum Gasteiger partial charge on any atom is 0.122 e. The van der Waals surface area contributed by atoms with Gasteiger partial charge in [-0.25, -0.2) is 4.99 Å². The summed E-state index contributed by atoms with van der Waals surface area (Å²) >= 11 is 0. The number of aromatic nitrogens is 1. The SMILES string of the molecule is C=C1N=C/C=C\C/C=C(/c2cn(C)c3ccc(OC[C@H](C)O)cc23)N1. The van der Waals surface area contributed by atoms with E-state index in [9.17, 15) is 5.11 Å². The molecule has 5 nitrogen and oxygen atoms in total. The van der Waals surface area contributed by atoms with E-state index in [2.05, 4.69) is 33.7 Å². The topological polar surface area (TPSA) is 58.8 Å². The Hall–Kier alpha value is -2.79. The molecule has 130 valence electrons. The number of benzene rings is 1. The lowest BCUT2D eigenvalue weighted by Crippen LogP contribution is -2.12. The normalized spacial score (nSPS) is 19.3. The summed E-state index contributed by atoms with van der Waals surface area (Å²) in [4.78, 5) is 4.26. The van der Waals surface area contributed by atoms with Gasteiger partial charge in [0.1, 0.15) is 18.2 Å². The van der Waals surface area contributed by atoms with Gasteiger partial charge in [-0.15, -0.1) is 0 Å². The van der Waals surface area contributed by atoms with Crippen molar-refractivity contribution in [3.63, 3.8) is 0 Å². The zero-order valence-corrected chi connectivity index (χ0v) is 14.6. The number of aliphatic imine (C=N–C) groups is 1. The Morgan fingerprint density at radius 3 is 3.08 bits per heavy atom. The van der Waals surface area contributed by atoms with Gasteiger partial charge in [0.25, 0.3) is 0 Å². The minimum absolute atomic E-state index is 0.269. The van der Waals surface area contributed by atoms with Crippen molar-refractivity contribution in [2.24, 2.45) is 12.0 Å². The van der Waals surface area contributed by atoms with Crippen molar-refractivity contribution in [1.29, 1.82) is 0 Å². The van der Waals surface area contributed by atoms with Crippen molar-refractivity contribution in [3.8, 4) is 5.75 Å². The summed E-state index contributed by atoms with van der Waals surface area (Å²) in [5, 5.41) is 13.8. The van der Waals surface area contributed by atoms with Crippen LogP contribution in [-0.4, -0.2) is 28.6 Å². The van der Waals surface area contributed by atoms with E-state index in [4.69, 9.17) is 4.74 Å². The van der Waals surface area contributed by atoms with Crippen molar-refractivity contribution < 1.29 is 9.84 Å². The Labute approximate surface area is 147 Å². The van der Waals surface area contributed by atoms with E-state index in [1.54, 1.807) is 13.1 Å².